The van der Waals surface area contributed by atoms with Gasteiger partial charge in [-0.05, 0) is 47.7 Å². The van der Waals surface area contributed by atoms with Gasteiger partial charge < -0.3 is 16.0 Å². The van der Waals surface area contributed by atoms with E-state index in [0.717, 1.165) is 17.6 Å². The first kappa shape index (κ1) is 14.0. The number of rotatable bonds is 5. The third kappa shape index (κ3) is 4.36. The van der Waals surface area contributed by atoms with E-state index in [1.54, 1.807) is 18.2 Å². The van der Waals surface area contributed by atoms with E-state index in [2.05, 4.69) is 33.1 Å². The van der Waals surface area contributed by atoms with Crippen LogP contribution in [0.25, 0.3) is 0 Å². The van der Waals surface area contributed by atoms with Crippen molar-refractivity contribution >= 4 is 27.5 Å². The van der Waals surface area contributed by atoms with Gasteiger partial charge in [-0.25, -0.2) is 0 Å². The van der Waals surface area contributed by atoms with E-state index in [1.165, 1.54) is 0 Å². The molecule has 4 nitrogen and oxygen atoms in total. The van der Waals surface area contributed by atoms with Crippen molar-refractivity contribution in [3.05, 3.63) is 28.2 Å². The van der Waals surface area contributed by atoms with Crippen LogP contribution >= 0.6 is 15.9 Å². The molecule has 94 valence electrons. The van der Waals surface area contributed by atoms with Gasteiger partial charge in [0.1, 0.15) is 0 Å². The monoisotopic (exact) mass is 299 g/mol. The van der Waals surface area contributed by atoms with Gasteiger partial charge in [0.25, 0.3) is 5.91 Å². The van der Waals surface area contributed by atoms with Gasteiger partial charge in [0.15, 0.2) is 0 Å². The molecule has 1 aromatic carbocycles. The number of hydrogen-bond acceptors (Lipinski definition) is 3. The first-order valence-electron chi connectivity index (χ1n) is 5.56. The van der Waals surface area contributed by atoms with Crippen molar-refractivity contribution < 1.29 is 4.79 Å². The van der Waals surface area contributed by atoms with Gasteiger partial charge in [-0.1, -0.05) is 6.92 Å². The number of nitrogens with two attached hydrogens (primary N) is 1. The normalized spacial score (nSPS) is 10.6. The van der Waals surface area contributed by atoms with Crippen LogP contribution in [0, 0.1) is 0 Å². The molecule has 5 heteroatoms. The zero-order valence-electron chi connectivity index (χ0n) is 10.2. The summed E-state index contributed by atoms with van der Waals surface area (Å²) in [6, 6.07) is 5.17. The molecule has 0 saturated carbocycles. The molecule has 0 aromatic heterocycles. The summed E-state index contributed by atoms with van der Waals surface area (Å²) in [6.45, 7) is 4.55. The summed E-state index contributed by atoms with van der Waals surface area (Å²) in [5, 5.41) is 2.87. The predicted molar refractivity (Wildman–Crippen MR) is 74.1 cm³/mol. The number of benzene rings is 1. The number of anilines is 1. The molecule has 0 bridgehead atoms. The fraction of sp³-hybridized carbons (Fsp3) is 0.417. The van der Waals surface area contributed by atoms with Crippen molar-refractivity contribution in [3.63, 3.8) is 0 Å². The molecule has 0 aliphatic carbocycles. The number of carbonyl (C=O) groups excluding carboxylic acids is 1. The van der Waals surface area contributed by atoms with Crippen molar-refractivity contribution in [3.8, 4) is 0 Å². The molecule has 0 aliphatic rings. The van der Waals surface area contributed by atoms with E-state index in [4.69, 9.17) is 5.73 Å². The van der Waals surface area contributed by atoms with Gasteiger partial charge in [-0.15, -0.1) is 0 Å². The lowest BCUT2D eigenvalue weighted by atomic mass is 10.2. The second-order valence-electron chi connectivity index (χ2n) is 3.89. The van der Waals surface area contributed by atoms with Gasteiger partial charge >= 0.3 is 0 Å². The summed E-state index contributed by atoms with van der Waals surface area (Å²) in [6.07, 6.45) is 0. The molecule has 1 aromatic rings. The Morgan fingerprint density at radius 2 is 2.24 bits per heavy atom. The van der Waals surface area contributed by atoms with Gasteiger partial charge in [0, 0.05) is 28.8 Å². The van der Waals surface area contributed by atoms with Crippen molar-refractivity contribution in [2.75, 3.05) is 32.4 Å². The van der Waals surface area contributed by atoms with Crippen molar-refractivity contribution in [2.24, 2.45) is 0 Å². The minimum absolute atomic E-state index is 0.0739. The molecule has 0 saturated heterocycles. The molecule has 0 spiro atoms. The van der Waals surface area contributed by atoms with Crippen LogP contribution < -0.4 is 11.1 Å². The highest BCUT2D eigenvalue weighted by Gasteiger charge is 2.06. The SMILES string of the molecule is CCN(C)CCNC(=O)c1ccc(N)c(Br)c1. The fourth-order valence-electron chi connectivity index (χ4n) is 1.29. The zero-order chi connectivity index (χ0) is 12.8. The van der Waals surface area contributed by atoms with Crippen LogP contribution in [0.5, 0.6) is 0 Å². The van der Waals surface area contributed by atoms with Crippen LogP contribution in [0.2, 0.25) is 0 Å². The summed E-state index contributed by atoms with van der Waals surface area (Å²) >= 11 is 3.30. The Bertz CT molecular complexity index is 395. The molecule has 0 unspecified atom stereocenters. The van der Waals surface area contributed by atoms with Crippen LogP contribution in [0.15, 0.2) is 22.7 Å². The topological polar surface area (TPSA) is 58.4 Å². The highest BCUT2D eigenvalue weighted by Crippen LogP contribution is 2.20. The lowest BCUT2D eigenvalue weighted by Gasteiger charge is -2.14. The average Bonchev–Trinajstić information content (AvgIpc) is 2.32. The summed E-state index contributed by atoms with van der Waals surface area (Å²) in [5.74, 6) is -0.0739. The fourth-order valence-corrected chi connectivity index (χ4v) is 1.67. The molecule has 0 aliphatic heterocycles. The Kier molecular flexibility index (Phi) is 5.44. The summed E-state index contributed by atoms with van der Waals surface area (Å²) in [4.78, 5) is 13.9. The molecule has 1 amide bonds. The first-order valence-corrected chi connectivity index (χ1v) is 6.35. The van der Waals surface area contributed by atoms with E-state index >= 15 is 0 Å². The highest BCUT2D eigenvalue weighted by atomic mass is 79.9. The molecular formula is C12H18BrN3O. The average molecular weight is 300 g/mol. The van der Waals surface area contributed by atoms with Crippen molar-refractivity contribution in [2.45, 2.75) is 6.92 Å². The molecule has 1 rings (SSSR count). The summed E-state index contributed by atoms with van der Waals surface area (Å²) in [7, 11) is 2.02. The van der Waals surface area contributed by atoms with Crippen molar-refractivity contribution in [1.82, 2.24) is 10.2 Å². The number of halogens is 1. The first-order chi connectivity index (χ1) is 8.04. The van der Waals surface area contributed by atoms with E-state index in [-0.39, 0.29) is 5.91 Å². The summed E-state index contributed by atoms with van der Waals surface area (Å²) < 4.78 is 0.746. The third-order valence-electron chi connectivity index (χ3n) is 2.58. The Morgan fingerprint density at radius 1 is 1.53 bits per heavy atom. The summed E-state index contributed by atoms with van der Waals surface area (Å²) in [5.41, 5.74) is 6.91. The van der Waals surface area contributed by atoms with Crippen LogP contribution in [0.4, 0.5) is 5.69 Å². The molecule has 0 radical (unpaired) electrons. The lowest BCUT2D eigenvalue weighted by Crippen LogP contribution is -2.32. The third-order valence-corrected chi connectivity index (χ3v) is 3.27. The predicted octanol–water partition coefficient (Wildman–Crippen LogP) is 1.71. The second kappa shape index (κ2) is 6.61. The number of carbonyl (C=O) groups is 1. The number of nitrogens with zero attached hydrogens (tertiary/aromatic N) is 1. The van der Waals surface area contributed by atoms with Crippen LogP contribution in [-0.2, 0) is 0 Å². The second-order valence-corrected chi connectivity index (χ2v) is 4.74. The molecule has 0 heterocycles. The highest BCUT2D eigenvalue weighted by molar-refractivity contribution is 9.10. The minimum atomic E-state index is -0.0739. The largest absolute Gasteiger partial charge is 0.398 e. The number of nitrogens with one attached hydrogen (secondary N) is 1. The smallest absolute Gasteiger partial charge is 0.251 e. The van der Waals surface area contributed by atoms with E-state index in [9.17, 15) is 4.79 Å². The van der Waals surface area contributed by atoms with Gasteiger partial charge in [-0.2, -0.15) is 0 Å². The molecular weight excluding hydrogens is 282 g/mol. The maximum Gasteiger partial charge on any atom is 0.251 e. The number of hydrogen-bond donors (Lipinski definition) is 2. The number of likely N-dealkylation sites (N-methyl/N-ethyl adjacent to an activating group) is 1. The molecule has 17 heavy (non-hydrogen) atoms. The van der Waals surface area contributed by atoms with Crippen LogP contribution in [0.3, 0.4) is 0 Å². The number of amides is 1. The maximum absolute atomic E-state index is 11.8. The standard InChI is InChI=1S/C12H18BrN3O/c1-3-16(2)7-6-15-12(17)9-4-5-11(14)10(13)8-9/h4-5,8H,3,6-7,14H2,1-2H3,(H,15,17). The van der Waals surface area contributed by atoms with Gasteiger partial charge in [0.2, 0.25) is 0 Å². The maximum atomic E-state index is 11.8. The minimum Gasteiger partial charge on any atom is -0.398 e. The van der Waals surface area contributed by atoms with E-state index < -0.39 is 0 Å². The Balaban J connectivity index is 2.50. The lowest BCUT2D eigenvalue weighted by molar-refractivity contribution is 0.0950. The van der Waals surface area contributed by atoms with Gasteiger partial charge in [0.05, 0.1) is 0 Å². The Hall–Kier alpha value is -1.07. The van der Waals surface area contributed by atoms with E-state index in [1.807, 2.05) is 7.05 Å². The van der Waals surface area contributed by atoms with Crippen molar-refractivity contribution in [1.29, 1.82) is 0 Å². The quantitative estimate of drug-likeness (QED) is 0.814. The van der Waals surface area contributed by atoms with Crippen LogP contribution in [-0.4, -0.2) is 37.5 Å². The van der Waals surface area contributed by atoms with E-state index in [0.29, 0.717) is 17.8 Å². The Morgan fingerprint density at radius 3 is 2.82 bits per heavy atom. The van der Waals surface area contributed by atoms with Gasteiger partial charge in [-0.3, -0.25) is 4.79 Å². The molecule has 0 fully saturated rings. The Labute approximate surface area is 110 Å². The van der Waals surface area contributed by atoms with Crippen LogP contribution in [0.1, 0.15) is 17.3 Å². The molecule has 0 atom stereocenters. The molecule has 3 N–H and O–H groups in total. The number of nitrogen functional groups attached to an aromatic ring is 1. The zero-order valence-corrected chi connectivity index (χ0v) is 11.8.